The van der Waals surface area contributed by atoms with Crippen molar-refractivity contribution < 1.29 is 31.9 Å². The first-order valence-electron chi connectivity index (χ1n) is 11.9. The molecule has 2 amide bonds. The van der Waals surface area contributed by atoms with Crippen molar-refractivity contribution >= 4 is 27.5 Å². The van der Waals surface area contributed by atoms with Gasteiger partial charge in [0.05, 0.1) is 11.4 Å². The number of halogens is 1. The van der Waals surface area contributed by atoms with Gasteiger partial charge in [0.15, 0.2) is 11.5 Å². The van der Waals surface area contributed by atoms with Crippen LogP contribution in [-0.2, 0) is 26.2 Å². The highest BCUT2D eigenvalue weighted by molar-refractivity contribution is 7.92. The number of benzene rings is 2. The van der Waals surface area contributed by atoms with E-state index in [1.807, 2.05) is 6.92 Å². The monoisotopic (exact) mass is 521 g/mol. The fraction of sp³-hybridized carbons (Fsp3) is 0.440. The molecule has 0 aliphatic carbocycles. The second-order valence-corrected chi connectivity index (χ2v) is 10.5. The SMILES string of the molecule is CCCNC(=O)[C@@H](C)N(Cc1ccc(F)cc1)C(=O)CN(c1ccc2c(c1)OCCO2)S(=O)(=O)CC. The van der Waals surface area contributed by atoms with Gasteiger partial charge in [0.1, 0.15) is 31.6 Å². The fourth-order valence-electron chi connectivity index (χ4n) is 3.67. The highest BCUT2D eigenvalue weighted by Gasteiger charge is 2.31. The molecule has 1 aliphatic rings. The maximum absolute atomic E-state index is 13.6. The van der Waals surface area contributed by atoms with E-state index in [-0.39, 0.29) is 23.9 Å². The minimum Gasteiger partial charge on any atom is -0.486 e. The molecule has 0 radical (unpaired) electrons. The second-order valence-electron chi connectivity index (χ2n) is 8.35. The van der Waals surface area contributed by atoms with Crippen molar-refractivity contribution in [1.29, 1.82) is 0 Å². The van der Waals surface area contributed by atoms with Crippen LogP contribution in [0.3, 0.4) is 0 Å². The molecule has 2 aromatic carbocycles. The summed E-state index contributed by atoms with van der Waals surface area (Å²) < 4.78 is 51.6. The molecule has 0 fully saturated rings. The Bertz CT molecular complexity index is 1170. The predicted molar refractivity (Wildman–Crippen MR) is 134 cm³/mol. The fourth-order valence-corrected chi connectivity index (χ4v) is 4.73. The quantitative estimate of drug-likeness (QED) is 0.488. The second kappa shape index (κ2) is 12.1. The highest BCUT2D eigenvalue weighted by Crippen LogP contribution is 2.35. The molecule has 3 rings (SSSR count). The first-order valence-corrected chi connectivity index (χ1v) is 13.5. The lowest BCUT2D eigenvalue weighted by atomic mass is 10.1. The molecule has 2 aromatic rings. The van der Waals surface area contributed by atoms with Gasteiger partial charge in [-0.1, -0.05) is 19.1 Å². The van der Waals surface area contributed by atoms with Crippen molar-refractivity contribution in [2.75, 3.05) is 36.4 Å². The van der Waals surface area contributed by atoms with Crippen LogP contribution >= 0.6 is 0 Å². The van der Waals surface area contributed by atoms with Crippen molar-refractivity contribution in [3.05, 3.63) is 53.8 Å². The Balaban J connectivity index is 1.93. The molecule has 0 unspecified atom stereocenters. The number of hydrogen-bond acceptors (Lipinski definition) is 6. The number of hydrogen-bond donors (Lipinski definition) is 1. The molecule has 1 heterocycles. The summed E-state index contributed by atoms with van der Waals surface area (Å²) >= 11 is 0. The number of sulfonamides is 1. The molecular weight excluding hydrogens is 489 g/mol. The van der Waals surface area contributed by atoms with E-state index >= 15 is 0 Å². The van der Waals surface area contributed by atoms with E-state index < -0.39 is 34.3 Å². The van der Waals surface area contributed by atoms with Crippen LogP contribution in [0.1, 0.15) is 32.8 Å². The first kappa shape index (κ1) is 27.3. The predicted octanol–water partition coefficient (Wildman–Crippen LogP) is 2.70. The molecule has 0 aromatic heterocycles. The van der Waals surface area contributed by atoms with Crippen LogP contribution < -0.4 is 19.1 Å². The largest absolute Gasteiger partial charge is 0.486 e. The molecule has 1 atom stereocenters. The van der Waals surface area contributed by atoms with E-state index in [1.165, 1.54) is 42.2 Å². The Morgan fingerprint density at radius 2 is 1.72 bits per heavy atom. The zero-order chi connectivity index (χ0) is 26.3. The maximum atomic E-state index is 13.6. The summed E-state index contributed by atoms with van der Waals surface area (Å²) in [6, 6.07) is 9.36. The summed E-state index contributed by atoms with van der Waals surface area (Å²) in [5.74, 6) is -0.729. The van der Waals surface area contributed by atoms with Crippen LogP contribution in [0, 0.1) is 5.82 Å². The molecule has 11 heteroatoms. The Kier molecular flexibility index (Phi) is 9.14. The zero-order valence-corrected chi connectivity index (χ0v) is 21.5. The summed E-state index contributed by atoms with van der Waals surface area (Å²) in [5.41, 5.74) is 0.850. The van der Waals surface area contributed by atoms with Gasteiger partial charge in [-0.15, -0.1) is 0 Å². The number of anilines is 1. The molecule has 196 valence electrons. The van der Waals surface area contributed by atoms with E-state index in [4.69, 9.17) is 9.47 Å². The topological polar surface area (TPSA) is 105 Å². The van der Waals surface area contributed by atoms with Gasteiger partial charge in [0.2, 0.25) is 21.8 Å². The van der Waals surface area contributed by atoms with Crippen molar-refractivity contribution in [3.63, 3.8) is 0 Å². The van der Waals surface area contributed by atoms with Crippen LogP contribution in [0.15, 0.2) is 42.5 Å². The number of fused-ring (bicyclic) bond motifs is 1. The molecule has 0 saturated carbocycles. The molecular formula is C25H32FN3O6S. The van der Waals surface area contributed by atoms with Gasteiger partial charge < -0.3 is 19.7 Å². The first-order chi connectivity index (χ1) is 17.2. The molecule has 0 spiro atoms. The summed E-state index contributed by atoms with van der Waals surface area (Å²) in [4.78, 5) is 27.6. The van der Waals surface area contributed by atoms with Gasteiger partial charge in [-0.3, -0.25) is 13.9 Å². The van der Waals surface area contributed by atoms with E-state index in [1.54, 1.807) is 19.1 Å². The van der Waals surface area contributed by atoms with Gasteiger partial charge in [-0.05, 0) is 50.1 Å². The van der Waals surface area contributed by atoms with Crippen LogP contribution in [0.5, 0.6) is 11.5 Å². The number of carbonyl (C=O) groups is 2. The minimum atomic E-state index is -3.87. The summed E-state index contributed by atoms with van der Waals surface area (Å²) in [5, 5.41) is 2.77. The highest BCUT2D eigenvalue weighted by atomic mass is 32.2. The van der Waals surface area contributed by atoms with E-state index in [0.29, 0.717) is 36.8 Å². The van der Waals surface area contributed by atoms with Crippen LogP contribution in [0.4, 0.5) is 10.1 Å². The van der Waals surface area contributed by atoms with Crippen LogP contribution in [0.2, 0.25) is 0 Å². The van der Waals surface area contributed by atoms with Crippen LogP contribution in [-0.4, -0.2) is 63.2 Å². The van der Waals surface area contributed by atoms with Gasteiger partial charge in [0.25, 0.3) is 0 Å². The number of nitrogens with one attached hydrogen (secondary N) is 1. The minimum absolute atomic E-state index is 0.000969. The van der Waals surface area contributed by atoms with Crippen molar-refractivity contribution in [2.24, 2.45) is 0 Å². The summed E-state index contributed by atoms with van der Waals surface area (Å²) in [7, 11) is -3.87. The Morgan fingerprint density at radius 1 is 1.06 bits per heavy atom. The van der Waals surface area contributed by atoms with E-state index in [9.17, 15) is 22.4 Å². The molecule has 0 bridgehead atoms. The zero-order valence-electron chi connectivity index (χ0n) is 20.7. The van der Waals surface area contributed by atoms with E-state index in [0.717, 1.165) is 10.7 Å². The van der Waals surface area contributed by atoms with Gasteiger partial charge in [-0.2, -0.15) is 0 Å². The van der Waals surface area contributed by atoms with Gasteiger partial charge in [0, 0.05) is 19.2 Å². The van der Waals surface area contributed by atoms with Gasteiger partial charge in [-0.25, -0.2) is 12.8 Å². The molecule has 1 N–H and O–H groups in total. The third kappa shape index (κ3) is 6.66. The third-order valence-corrected chi connectivity index (χ3v) is 7.52. The standard InChI is InChI=1S/C25H32FN3O6S/c1-4-12-27-25(31)18(3)28(16-19-6-8-20(26)9-7-19)24(30)17-29(36(32,33)5-2)21-10-11-22-23(15-21)35-14-13-34-22/h6-11,15,18H,4-5,12-14,16-17H2,1-3H3,(H,27,31)/t18-/m1/s1. The molecule has 36 heavy (non-hydrogen) atoms. The summed E-state index contributed by atoms with van der Waals surface area (Å²) in [6.07, 6.45) is 0.719. The molecule has 9 nitrogen and oxygen atoms in total. The smallest absolute Gasteiger partial charge is 0.244 e. The third-order valence-electron chi connectivity index (χ3n) is 5.78. The van der Waals surface area contributed by atoms with Crippen molar-refractivity contribution in [1.82, 2.24) is 10.2 Å². The Labute approximate surface area is 211 Å². The number of nitrogens with zero attached hydrogens (tertiary/aromatic N) is 2. The van der Waals surface area contributed by atoms with Gasteiger partial charge >= 0.3 is 0 Å². The Hall–Kier alpha value is -3.34. The number of ether oxygens (including phenoxy) is 2. The normalized spacial score (nSPS) is 13.6. The lowest BCUT2D eigenvalue weighted by molar-refractivity contribution is -0.139. The summed E-state index contributed by atoms with van der Waals surface area (Å²) in [6.45, 7) is 5.60. The average molecular weight is 522 g/mol. The van der Waals surface area contributed by atoms with Crippen molar-refractivity contribution in [2.45, 2.75) is 39.8 Å². The molecule has 0 saturated heterocycles. The maximum Gasteiger partial charge on any atom is 0.244 e. The van der Waals surface area contributed by atoms with Crippen LogP contribution in [0.25, 0.3) is 0 Å². The Morgan fingerprint density at radius 3 is 2.36 bits per heavy atom. The lowest BCUT2D eigenvalue weighted by Crippen LogP contribution is -2.51. The van der Waals surface area contributed by atoms with Crippen molar-refractivity contribution in [3.8, 4) is 11.5 Å². The van der Waals surface area contributed by atoms with E-state index in [2.05, 4.69) is 5.32 Å². The average Bonchev–Trinajstić information content (AvgIpc) is 2.89. The lowest BCUT2D eigenvalue weighted by Gasteiger charge is -2.32. The number of rotatable bonds is 11. The number of amides is 2. The molecule has 1 aliphatic heterocycles. The number of carbonyl (C=O) groups excluding carboxylic acids is 2.